The Morgan fingerprint density at radius 3 is 2.78 bits per heavy atom. The lowest BCUT2D eigenvalue weighted by atomic mass is 10.1. The van der Waals surface area contributed by atoms with Crippen LogP contribution in [0.15, 0.2) is 60.4 Å². The van der Waals surface area contributed by atoms with Crippen molar-refractivity contribution in [1.82, 2.24) is 15.5 Å². The molecule has 0 aliphatic carbocycles. The number of rotatable bonds is 6. The van der Waals surface area contributed by atoms with Crippen molar-refractivity contribution in [3.05, 3.63) is 66.0 Å². The summed E-state index contributed by atoms with van der Waals surface area (Å²) in [4.78, 5) is 12.4. The minimum Gasteiger partial charge on any atom is -0.497 e. The summed E-state index contributed by atoms with van der Waals surface area (Å²) in [6.07, 6.45) is 3.12. The van der Waals surface area contributed by atoms with E-state index in [0.717, 1.165) is 27.9 Å². The van der Waals surface area contributed by atoms with Crippen molar-refractivity contribution in [3.8, 4) is 11.8 Å². The van der Waals surface area contributed by atoms with Gasteiger partial charge in [-0.1, -0.05) is 12.1 Å². The maximum atomic E-state index is 12.4. The number of ether oxygens (including phenoxy) is 1. The standard InChI is InChI=1S/C20H19N5O2/c1-13(14-4-7-18(27-2)8-5-14)24-20(26)16(10-21)11-22-17-6-3-15-12-23-25-19(15)9-17/h3-9,11-13,22H,1-2H3,(H,23,25)(H,24,26)/b16-11-. The molecule has 7 heteroatoms. The molecule has 136 valence electrons. The van der Waals surface area contributed by atoms with Gasteiger partial charge in [0.15, 0.2) is 0 Å². The summed E-state index contributed by atoms with van der Waals surface area (Å²) in [5, 5.41) is 22.9. The number of nitriles is 1. The molecule has 3 N–H and O–H groups in total. The zero-order valence-electron chi connectivity index (χ0n) is 15.0. The number of carbonyl (C=O) groups is 1. The van der Waals surface area contributed by atoms with Crippen LogP contribution in [0.1, 0.15) is 18.5 Å². The number of aromatic nitrogens is 2. The van der Waals surface area contributed by atoms with Gasteiger partial charge >= 0.3 is 0 Å². The molecule has 2 aromatic carbocycles. The first-order valence-electron chi connectivity index (χ1n) is 8.35. The van der Waals surface area contributed by atoms with E-state index in [-0.39, 0.29) is 11.6 Å². The van der Waals surface area contributed by atoms with E-state index in [4.69, 9.17) is 4.74 Å². The number of anilines is 1. The lowest BCUT2D eigenvalue weighted by Crippen LogP contribution is -2.28. The molecular weight excluding hydrogens is 342 g/mol. The highest BCUT2D eigenvalue weighted by atomic mass is 16.5. The third kappa shape index (κ3) is 4.25. The smallest absolute Gasteiger partial charge is 0.263 e. The number of carbonyl (C=O) groups excluding carboxylic acids is 1. The first-order valence-corrected chi connectivity index (χ1v) is 8.35. The van der Waals surface area contributed by atoms with E-state index >= 15 is 0 Å². The highest BCUT2D eigenvalue weighted by molar-refractivity contribution is 5.97. The molecule has 0 aliphatic heterocycles. The number of hydrogen-bond acceptors (Lipinski definition) is 5. The van der Waals surface area contributed by atoms with Crippen LogP contribution in [0, 0.1) is 11.3 Å². The molecule has 0 bridgehead atoms. The molecule has 3 aromatic rings. The second-order valence-electron chi connectivity index (χ2n) is 5.95. The fourth-order valence-corrected chi connectivity index (χ4v) is 2.58. The molecule has 1 unspecified atom stereocenters. The van der Waals surface area contributed by atoms with Crippen LogP contribution < -0.4 is 15.4 Å². The molecule has 0 saturated carbocycles. The zero-order chi connectivity index (χ0) is 19.2. The topological polar surface area (TPSA) is 103 Å². The highest BCUT2D eigenvalue weighted by Gasteiger charge is 2.14. The first-order chi connectivity index (χ1) is 13.1. The summed E-state index contributed by atoms with van der Waals surface area (Å²) in [5.41, 5.74) is 2.51. The van der Waals surface area contributed by atoms with E-state index in [9.17, 15) is 10.1 Å². The van der Waals surface area contributed by atoms with Gasteiger partial charge in [-0.3, -0.25) is 9.89 Å². The van der Waals surface area contributed by atoms with Gasteiger partial charge in [0.25, 0.3) is 5.91 Å². The zero-order valence-corrected chi connectivity index (χ0v) is 15.0. The van der Waals surface area contributed by atoms with Gasteiger partial charge in [-0.15, -0.1) is 0 Å². The molecular formula is C20H19N5O2. The number of benzene rings is 2. The fourth-order valence-electron chi connectivity index (χ4n) is 2.58. The number of nitrogens with one attached hydrogen (secondary N) is 3. The minimum absolute atomic E-state index is 0.0138. The van der Waals surface area contributed by atoms with Crippen LogP contribution in [0.2, 0.25) is 0 Å². The molecule has 1 heterocycles. The van der Waals surface area contributed by atoms with Gasteiger partial charge in [0.05, 0.1) is 24.9 Å². The maximum absolute atomic E-state index is 12.4. The van der Waals surface area contributed by atoms with E-state index in [1.54, 1.807) is 13.3 Å². The van der Waals surface area contributed by atoms with E-state index < -0.39 is 5.91 Å². The van der Waals surface area contributed by atoms with Crippen LogP contribution in [0.5, 0.6) is 5.75 Å². The third-order valence-corrected chi connectivity index (χ3v) is 4.15. The SMILES string of the molecule is COc1ccc(C(C)NC(=O)/C(C#N)=C\Nc2ccc3cn[nH]c3c2)cc1. The molecule has 1 amide bonds. The predicted molar refractivity (Wildman–Crippen MR) is 103 cm³/mol. The van der Waals surface area contributed by atoms with Gasteiger partial charge in [-0.05, 0) is 42.8 Å². The Bertz CT molecular complexity index is 1010. The van der Waals surface area contributed by atoms with E-state index in [1.165, 1.54) is 6.20 Å². The van der Waals surface area contributed by atoms with Crippen LogP contribution in [0.3, 0.4) is 0 Å². The molecule has 0 fully saturated rings. The molecule has 27 heavy (non-hydrogen) atoms. The molecule has 7 nitrogen and oxygen atoms in total. The predicted octanol–water partition coefficient (Wildman–Crippen LogP) is 3.27. The Morgan fingerprint density at radius 2 is 2.07 bits per heavy atom. The third-order valence-electron chi connectivity index (χ3n) is 4.15. The summed E-state index contributed by atoms with van der Waals surface area (Å²) >= 11 is 0. The molecule has 0 saturated heterocycles. The summed E-state index contributed by atoms with van der Waals surface area (Å²) in [6.45, 7) is 1.86. The van der Waals surface area contributed by atoms with Crippen LogP contribution in [0.25, 0.3) is 10.9 Å². The van der Waals surface area contributed by atoms with E-state index in [1.807, 2.05) is 55.5 Å². The van der Waals surface area contributed by atoms with Gasteiger partial charge < -0.3 is 15.4 Å². The lowest BCUT2D eigenvalue weighted by molar-refractivity contribution is -0.117. The molecule has 3 rings (SSSR count). The van der Waals surface area contributed by atoms with Crippen molar-refractivity contribution < 1.29 is 9.53 Å². The Morgan fingerprint density at radius 1 is 1.30 bits per heavy atom. The molecule has 0 radical (unpaired) electrons. The summed E-state index contributed by atoms with van der Waals surface area (Å²) in [6, 6.07) is 14.7. The lowest BCUT2D eigenvalue weighted by Gasteiger charge is -2.14. The van der Waals surface area contributed by atoms with Gasteiger partial charge in [0, 0.05) is 17.3 Å². The average Bonchev–Trinajstić information content (AvgIpc) is 3.16. The Labute approximate surface area is 156 Å². The van der Waals surface area contributed by atoms with Crippen molar-refractivity contribution in [2.24, 2.45) is 0 Å². The van der Waals surface area contributed by atoms with Gasteiger partial charge in [0.2, 0.25) is 0 Å². The van der Waals surface area contributed by atoms with Gasteiger partial charge in [-0.25, -0.2) is 0 Å². The van der Waals surface area contributed by atoms with Gasteiger partial charge in [0.1, 0.15) is 17.4 Å². The number of aromatic amines is 1. The van der Waals surface area contributed by atoms with E-state index in [0.29, 0.717) is 0 Å². The van der Waals surface area contributed by atoms with Crippen molar-refractivity contribution >= 4 is 22.5 Å². The largest absolute Gasteiger partial charge is 0.497 e. The Hall–Kier alpha value is -3.79. The van der Waals surface area contributed by atoms with Crippen molar-refractivity contribution in [2.75, 3.05) is 12.4 Å². The van der Waals surface area contributed by atoms with Crippen molar-refractivity contribution in [3.63, 3.8) is 0 Å². The number of methoxy groups -OCH3 is 1. The second kappa shape index (κ2) is 8.06. The monoisotopic (exact) mass is 361 g/mol. The van der Waals surface area contributed by atoms with Crippen LogP contribution in [-0.2, 0) is 4.79 Å². The average molecular weight is 361 g/mol. The number of H-pyrrole nitrogens is 1. The minimum atomic E-state index is -0.448. The summed E-state index contributed by atoms with van der Waals surface area (Å²) in [5.74, 6) is 0.296. The van der Waals surface area contributed by atoms with Crippen LogP contribution in [-0.4, -0.2) is 23.2 Å². The van der Waals surface area contributed by atoms with Crippen LogP contribution in [0.4, 0.5) is 5.69 Å². The molecule has 1 aromatic heterocycles. The van der Waals surface area contributed by atoms with Crippen LogP contribution >= 0.6 is 0 Å². The first kappa shape index (κ1) is 18.0. The van der Waals surface area contributed by atoms with E-state index in [2.05, 4.69) is 20.8 Å². The summed E-state index contributed by atoms with van der Waals surface area (Å²) < 4.78 is 5.13. The Kier molecular flexibility index (Phi) is 5.38. The Balaban J connectivity index is 1.67. The second-order valence-corrected chi connectivity index (χ2v) is 5.95. The molecule has 0 aliphatic rings. The van der Waals surface area contributed by atoms with Crippen molar-refractivity contribution in [2.45, 2.75) is 13.0 Å². The maximum Gasteiger partial charge on any atom is 0.263 e. The number of hydrogen-bond donors (Lipinski definition) is 3. The fraction of sp³-hybridized carbons (Fsp3) is 0.150. The molecule has 0 spiro atoms. The van der Waals surface area contributed by atoms with Gasteiger partial charge in [-0.2, -0.15) is 10.4 Å². The summed E-state index contributed by atoms with van der Waals surface area (Å²) in [7, 11) is 1.60. The van der Waals surface area contributed by atoms with Crippen molar-refractivity contribution in [1.29, 1.82) is 5.26 Å². The number of nitrogens with zero attached hydrogens (tertiary/aromatic N) is 2. The molecule has 1 atom stereocenters. The number of fused-ring (bicyclic) bond motifs is 1. The highest BCUT2D eigenvalue weighted by Crippen LogP contribution is 2.18. The normalized spacial score (nSPS) is 12.3. The quantitative estimate of drug-likeness (QED) is 0.462. The number of amides is 1.